The van der Waals surface area contributed by atoms with Crippen molar-refractivity contribution in [1.82, 2.24) is 10.2 Å². The molecular formula is C9H6BrCl2N3O. The van der Waals surface area contributed by atoms with Gasteiger partial charge >= 0.3 is 6.01 Å². The summed E-state index contributed by atoms with van der Waals surface area (Å²) in [6, 6.07) is 5.69. The normalized spacial score (nSPS) is 10.4. The minimum Gasteiger partial charge on any atom is -0.407 e. The number of halogens is 3. The first-order valence-corrected chi connectivity index (χ1v) is 6.00. The molecule has 0 bridgehead atoms. The van der Waals surface area contributed by atoms with Crippen LogP contribution in [-0.4, -0.2) is 10.2 Å². The second-order valence-electron chi connectivity index (χ2n) is 2.89. The predicted molar refractivity (Wildman–Crippen MR) is 66.3 cm³/mol. The number of hydrogen-bond donors (Lipinski definition) is 1. The summed E-state index contributed by atoms with van der Waals surface area (Å²) in [5.74, 6) is 0.558. The number of benzene rings is 1. The second kappa shape index (κ2) is 5.03. The molecule has 0 unspecified atom stereocenters. The molecule has 2 rings (SSSR count). The number of alkyl halides is 1. The van der Waals surface area contributed by atoms with E-state index in [1.54, 1.807) is 6.07 Å². The van der Waals surface area contributed by atoms with Crippen molar-refractivity contribution in [2.24, 2.45) is 0 Å². The van der Waals surface area contributed by atoms with Crippen LogP contribution in [0.5, 0.6) is 0 Å². The van der Waals surface area contributed by atoms with Crippen LogP contribution >= 0.6 is 39.1 Å². The van der Waals surface area contributed by atoms with Crippen LogP contribution < -0.4 is 5.32 Å². The Bertz CT molecular complexity index is 503. The van der Waals surface area contributed by atoms with Crippen molar-refractivity contribution < 1.29 is 4.42 Å². The summed E-state index contributed by atoms with van der Waals surface area (Å²) < 4.78 is 6.01. The molecule has 2 aromatic rings. The SMILES string of the molecule is ClCc1nnc(Nc2ccc(Br)c(Cl)c2)o1. The molecule has 0 aliphatic rings. The van der Waals surface area contributed by atoms with Crippen LogP contribution in [0.2, 0.25) is 5.02 Å². The summed E-state index contributed by atoms with van der Waals surface area (Å²) in [6.07, 6.45) is 0. The van der Waals surface area contributed by atoms with Crippen LogP contribution in [-0.2, 0) is 5.88 Å². The van der Waals surface area contributed by atoms with Crippen LogP contribution in [0, 0.1) is 0 Å². The predicted octanol–water partition coefficient (Wildman–Crippen LogP) is 3.97. The van der Waals surface area contributed by atoms with Crippen LogP contribution in [0.15, 0.2) is 27.1 Å². The van der Waals surface area contributed by atoms with Gasteiger partial charge < -0.3 is 9.73 Å². The van der Waals surface area contributed by atoms with Crippen LogP contribution in [0.4, 0.5) is 11.7 Å². The summed E-state index contributed by atoms with van der Waals surface area (Å²) in [4.78, 5) is 0. The van der Waals surface area contributed by atoms with Crippen molar-refractivity contribution in [3.63, 3.8) is 0 Å². The van der Waals surface area contributed by atoms with Crippen LogP contribution in [0.25, 0.3) is 0 Å². The Hall–Kier alpha value is -0.780. The Morgan fingerprint density at radius 3 is 2.81 bits per heavy atom. The standard InChI is InChI=1S/C9H6BrCl2N3O/c10-6-2-1-5(3-7(6)12)13-9-15-14-8(4-11)16-9/h1-3H,4H2,(H,13,15). The van der Waals surface area contributed by atoms with Crippen molar-refractivity contribution in [2.45, 2.75) is 5.88 Å². The van der Waals surface area contributed by atoms with E-state index in [0.29, 0.717) is 10.9 Å². The number of rotatable bonds is 3. The highest BCUT2D eigenvalue weighted by Crippen LogP contribution is 2.27. The average molecular weight is 323 g/mol. The van der Waals surface area contributed by atoms with Crippen molar-refractivity contribution in [3.8, 4) is 0 Å². The molecule has 0 amide bonds. The molecule has 4 nitrogen and oxygen atoms in total. The van der Waals surface area contributed by atoms with Gasteiger partial charge in [0.2, 0.25) is 5.89 Å². The topological polar surface area (TPSA) is 51.0 Å². The van der Waals surface area contributed by atoms with E-state index in [0.717, 1.165) is 10.2 Å². The zero-order chi connectivity index (χ0) is 11.5. The maximum atomic E-state index is 5.94. The number of nitrogens with one attached hydrogen (secondary N) is 1. The van der Waals surface area contributed by atoms with Gasteiger partial charge in [0.25, 0.3) is 0 Å². The molecule has 0 spiro atoms. The van der Waals surface area contributed by atoms with Crippen molar-refractivity contribution in [3.05, 3.63) is 33.6 Å². The molecule has 1 heterocycles. The molecule has 0 saturated carbocycles. The molecule has 84 valence electrons. The fourth-order valence-corrected chi connectivity index (χ4v) is 1.59. The summed E-state index contributed by atoms with van der Waals surface area (Å²) in [5, 5.41) is 11.0. The van der Waals surface area contributed by atoms with E-state index >= 15 is 0 Å². The van der Waals surface area contributed by atoms with Gasteiger partial charge in [0.1, 0.15) is 5.88 Å². The lowest BCUT2D eigenvalue weighted by atomic mass is 10.3. The molecule has 0 aliphatic heterocycles. The highest BCUT2D eigenvalue weighted by atomic mass is 79.9. The molecule has 0 saturated heterocycles. The third kappa shape index (κ3) is 2.66. The van der Waals surface area contributed by atoms with Crippen molar-refractivity contribution in [2.75, 3.05) is 5.32 Å². The molecule has 0 radical (unpaired) electrons. The third-order valence-electron chi connectivity index (χ3n) is 1.75. The van der Waals surface area contributed by atoms with Gasteiger partial charge in [0, 0.05) is 10.2 Å². The van der Waals surface area contributed by atoms with Gasteiger partial charge in [-0.3, -0.25) is 0 Å². The summed E-state index contributed by atoms with van der Waals surface area (Å²) in [7, 11) is 0. The fourth-order valence-electron chi connectivity index (χ4n) is 1.06. The Labute approximate surface area is 110 Å². The number of aromatic nitrogens is 2. The Morgan fingerprint density at radius 1 is 1.38 bits per heavy atom. The quantitative estimate of drug-likeness (QED) is 0.869. The summed E-state index contributed by atoms with van der Waals surface area (Å²) in [5.41, 5.74) is 0.762. The number of anilines is 2. The van der Waals surface area contributed by atoms with Crippen molar-refractivity contribution in [1.29, 1.82) is 0 Å². The lowest BCUT2D eigenvalue weighted by Gasteiger charge is -2.02. The molecule has 0 atom stereocenters. The molecule has 7 heteroatoms. The zero-order valence-corrected chi connectivity index (χ0v) is 11.0. The first-order valence-electron chi connectivity index (χ1n) is 4.29. The van der Waals surface area contributed by atoms with Gasteiger partial charge in [-0.15, -0.1) is 16.7 Å². The van der Waals surface area contributed by atoms with E-state index in [4.69, 9.17) is 27.6 Å². The molecule has 1 aromatic heterocycles. The average Bonchev–Trinajstić information content (AvgIpc) is 2.71. The highest BCUT2D eigenvalue weighted by molar-refractivity contribution is 9.10. The Morgan fingerprint density at radius 2 is 2.19 bits per heavy atom. The minimum atomic E-state index is 0.190. The molecule has 0 aliphatic carbocycles. The Balaban J connectivity index is 2.17. The smallest absolute Gasteiger partial charge is 0.320 e. The lowest BCUT2D eigenvalue weighted by Crippen LogP contribution is -1.90. The summed E-state index contributed by atoms with van der Waals surface area (Å²) >= 11 is 14.8. The highest BCUT2D eigenvalue weighted by Gasteiger charge is 2.05. The first-order chi connectivity index (χ1) is 7.69. The van der Waals surface area contributed by atoms with Gasteiger partial charge in [-0.25, -0.2) is 0 Å². The lowest BCUT2D eigenvalue weighted by molar-refractivity contribution is 0.530. The second-order valence-corrected chi connectivity index (χ2v) is 4.42. The molecule has 1 aromatic carbocycles. The molecule has 0 fully saturated rings. The monoisotopic (exact) mass is 321 g/mol. The van der Waals surface area contributed by atoms with Gasteiger partial charge in [0.15, 0.2) is 0 Å². The maximum Gasteiger partial charge on any atom is 0.320 e. The minimum absolute atomic E-state index is 0.190. The van der Waals surface area contributed by atoms with E-state index in [2.05, 4.69) is 31.4 Å². The maximum absolute atomic E-state index is 5.94. The molecule has 1 N–H and O–H groups in total. The molecular weight excluding hydrogens is 317 g/mol. The number of nitrogens with zero attached hydrogens (tertiary/aromatic N) is 2. The van der Waals surface area contributed by atoms with Gasteiger partial charge in [-0.1, -0.05) is 16.7 Å². The van der Waals surface area contributed by atoms with Gasteiger partial charge in [-0.05, 0) is 34.1 Å². The van der Waals surface area contributed by atoms with E-state index in [1.807, 2.05) is 12.1 Å². The van der Waals surface area contributed by atoms with Gasteiger partial charge in [0.05, 0.1) is 5.02 Å². The van der Waals surface area contributed by atoms with Crippen LogP contribution in [0.3, 0.4) is 0 Å². The third-order valence-corrected chi connectivity index (χ3v) is 3.21. The van der Waals surface area contributed by atoms with E-state index in [1.165, 1.54) is 0 Å². The zero-order valence-electron chi connectivity index (χ0n) is 7.88. The number of hydrogen-bond acceptors (Lipinski definition) is 4. The first kappa shape index (κ1) is 11.7. The molecule has 16 heavy (non-hydrogen) atoms. The largest absolute Gasteiger partial charge is 0.407 e. The Kier molecular flexibility index (Phi) is 3.68. The fraction of sp³-hybridized carbons (Fsp3) is 0.111. The van der Waals surface area contributed by atoms with E-state index < -0.39 is 0 Å². The van der Waals surface area contributed by atoms with Gasteiger partial charge in [-0.2, -0.15) is 0 Å². The van der Waals surface area contributed by atoms with Crippen LogP contribution in [0.1, 0.15) is 5.89 Å². The van der Waals surface area contributed by atoms with Crippen molar-refractivity contribution >= 4 is 50.8 Å². The summed E-state index contributed by atoms with van der Waals surface area (Å²) in [6.45, 7) is 0. The van der Waals surface area contributed by atoms with E-state index in [-0.39, 0.29) is 11.9 Å². The van der Waals surface area contributed by atoms with E-state index in [9.17, 15) is 0 Å².